The van der Waals surface area contributed by atoms with Gasteiger partial charge in [0.2, 0.25) is 0 Å². The van der Waals surface area contributed by atoms with E-state index < -0.39 is 0 Å². The molecular weight excluding hydrogens is 675 g/mol. The number of hydrogen-bond acceptors (Lipinski definition) is 8. The Hall–Kier alpha value is -6.55. The third-order valence-corrected chi connectivity index (χ3v) is 7.85. The average molecular weight is 708 g/mol. The van der Waals surface area contributed by atoms with Gasteiger partial charge in [0.05, 0.1) is 45.6 Å². The SMILES string of the molecule is Nc1ccc(-c2cc(-c3ccccn3)nc(-c3ccccn3)c2)cc1.Nc1ccc(-c2cc(-c3ccccn3)nc(-c3ccccn3)c2)cc1.[Co]. The number of pyridine rings is 6. The van der Waals surface area contributed by atoms with Gasteiger partial charge in [-0.15, -0.1) is 0 Å². The summed E-state index contributed by atoms with van der Waals surface area (Å²) in [5.74, 6) is 0. The van der Waals surface area contributed by atoms with Crippen LogP contribution in [-0.4, -0.2) is 29.9 Å². The fourth-order valence-corrected chi connectivity index (χ4v) is 5.33. The van der Waals surface area contributed by atoms with Gasteiger partial charge in [-0.2, -0.15) is 0 Å². The Balaban J connectivity index is 0.000000172. The molecule has 0 aliphatic heterocycles. The molecule has 9 heteroatoms. The van der Waals surface area contributed by atoms with E-state index in [0.29, 0.717) is 0 Å². The molecule has 51 heavy (non-hydrogen) atoms. The van der Waals surface area contributed by atoms with Gasteiger partial charge in [0, 0.05) is 52.9 Å². The Morgan fingerprint density at radius 1 is 0.294 bits per heavy atom. The molecule has 0 atom stereocenters. The van der Waals surface area contributed by atoms with Gasteiger partial charge >= 0.3 is 0 Å². The first-order chi connectivity index (χ1) is 24.6. The number of hydrogen-bond donors (Lipinski definition) is 2. The molecule has 0 fully saturated rings. The van der Waals surface area contributed by atoms with Crippen LogP contribution in [0.4, 0.5) is 11.4 Å². The minimum Gasteiger partial charge on any atom is -0.399 e. The maximum atomic E-state index is 5.81. The van der Waals surface area contributed by atoms with Crippen LogP contribution in [0.25, 0.3) is 67.8 Å². The Morgan fingerprint density at radius 2 is 0.569 bits per heavy atom. The van der Waals surface area contributed by atoms with Gasteiger partial charge < -0.3 is 11.5 Å². The third-order valence-electron chi connectivity index (χ3n) is 7.85. The predicted octanol–water partition coefficient (Wildman–Crippen LogP) is 8.91. The largest absolute Gasteiger partial charge is 0.399 e. The van der Waals surface area contributed by atoms with Gasteiger partial charge in [0.15, 0.2) is 0 Å². The van der Waals surface area contributed by atoms with Crippen LogP contribution in [-0.2, 0) is 16.8 Å². The number of anilines is 2. The van der Waals surface area contributed by atoms with Gasteiger partial charge in [-0.3, -0.25) is 19.9 Å². The van der Waals surface area contributed by atoms with Crippen molar-refractivity contribution in [1.29, 1.82) is 0 Å². The molecule has 0 amide bonds. The normalized spacial score (nSPS) is 10.4. The molecule has 4 N–H and O–H groups in total. The van der Waals surface area contributed by atoms with Crippen LogP contribution in [0.3, 0.4) is 0 Å². The topological polar surface area (TPSA) is 129 Å². The Bertz CT molecular complexity index is 2020. The molecule has 0 aliphatic rings. The minimum atomic E-state index is 0. The summed E-state index contributed by atoms with van der Waals surface area (Å²) in [5.41, 5.74) is 24.0. The van der Waals surface area contributed by atoms with Crippen molar-refractivity contribution in [3.8, 4) is 67.8 Å². The second kappa shape index (κ2) is 16.2. The molecular formula is C42H32CoN8. The molecule has 0 aliphatic carbocycles. The van der Waals surface area contributed by atoms with E-state index >= 15 is 0 Å². The number of benzene rings is 2. The molecule has 249 valence electrons. The minimum absolute atomic E-state index is 0. The predicted molar refractivity (Wildman–Crippen MR) is 201 cm³/mol. The number of nitrogens with zero attached hydrogens (tertiary/aromatic N) is 6. The number of aromatic nitrogens is 6. The van der Waals surface area contributed by atoms with Crippen molar-refractivity contribution in [1.82, 2.24) is 29.9 Å². The second-order valence-electron chi connectivity index (χ2n) is 11.4. The summed E-state index contributed by atoms with van der Waals surface area (Å²) in [4.78, 5) is 27.3. The average Bonchev–Trinajstić information content (AvgIpc) is 3.20. The molecule has 0 spiro atoms. The van der Waals surface area contributed by atoms with E-state index in [2.05, 4.69) is 19.9 Å². The van der Waals surface area contributed by atoms with E-state index in [1.807, 2.05) is 146 Å². The van der Waals surface area contributed by atoms with Crippen LogP contribution in [0, 0.1) is 0 Å². The molecule has 1 radical (unpaired) electrons. The maximum absolute atomic E-state index is 5.81. The zero-order chi connectivity index (χ0) is 34.1. The number of nitrogen functional groups attached to an aromatic ring is 2. The van der Waals surface area contributed by atoms with Crippen molar-refractivity contribution in [2.75, 3.05) is 11.5 Å². The molecule has 6 heterocycles. The van der Waals surface area contributed by atoms with E-state index in [4.69, 9.17) is 21.4 Å². The fourth-order valence-electron chi connectivity index (χ4n) is 5.33. The summed E-state index contributed by atoms with van der Waals surface area (Å²) in [6.45, 7) is 0. The molecule has 0 bridgehead atoms. The maximum Gasteiger partial charge on any atom is 0.0900 e. The molecule has 0 saturated carbocycles. The monoisotopic (exact) mass is 707 g/mol. The van der Waals surface area contributed by atoms with Crippen LogP contribution in [0.2, 0.25) is 0 Å². The molecule has 8 rings (SSSR count). The molecule has 6 aromatic heterocycles. The van der Waals surface area contributed by atoms with Crippen molar-refractivity contribution >= 4 is 11.4 Å². The van der Waals surface area contributed by atoms with Gasteiger partial charge in [-0.1, -0.05) is 48.5 Å². The van der Waals surface area contributed by atoms with Gasteiger partial charge in [-0.25, -0.2) is 9.97 Å². The first-order valence-electron chi connectivity index (χ1n) is 16.0. The molecule has 8 nitrogen and oxygen atoms in total. The molecule has 8 aromatic rings. The first kappa shape index (κ1) is 34.3. The van der Waals surface area contributed by atoms with Gasteiger partial charge in [-0.05, 0) is 119 Å². The van der Waals surface area contributed by atoms with E-state index in [9.17, 15) is 0 Å². The third kappa shape index (κ3) is 8.55. The van der Waals surface area contributed by atoms with E-state index in [-0.39, 0.29) is 16.8 Å². The zero-order valence-corrected chi connectivity index (χ0v) is 28.4. The summed E-state index contributed by atoms with van der Waals surface area (Å²) in [6.07, 6.45) is 7.08. The zero-order valence-electron chi connectivity index (χ0n) is 27.3. The van der Waals surface area contributed by atoms with Crippen LogP contribution in [0.15, 0.2) is 170 Å². The van der Waals surface area contributed by atoms with Gasteiger partial charge in [0.1, 0.15) is 0 Å². The summed E-state index contributed by atoms with van der Waals surface area (Å²) in [6, 6.07) is 47.0. The van der Waals surface area contributed by atoms with Crippen LogP contribution in [0.5, 0.6) is 0 Å². The van der Waals surface area contributed by atoms with Crippen molar-refractivity contribution in [3.63, 3.8) is 0 Å². The van der Waals surface area contributed by atoms with Crippen molar-refractivity contribution in [2.24, 2.45) is 0 Å². The summed E-state index contributed by atoms with van der Waals surface area (Å²) >= 11 is 0. The Kier molecular flexibility index (Phi) is 10.9. The van der Waals surface area contributed by atoms with Gasteiger partial charge in [0.25, 0.3) is 0 Å². The summed E-state index contributed by atoms with van der Waals surface area (Å²) in [7, 11) is 0. The van der Waals surface area contributed by atoms with Crippen molar-refractivity contribution in [2.45, 2.75) is 0 Å². The number of rotatable bonds is 6. The second-order valence-corrected chi connectivity index (χ2v) is 11.4. The van der Waals surface area contributed by atoms with E-state index in [0.717, 1.165) is 79.2 Å². The standard InChI is InChI=1S/2C21H16N4.Co/c2*22-17-9-7-15(8-10-17)16-13-20(18-5-1-3-11-23-18)25-21(14-16)19-6-2-4-12-24-19;/h2*1-14H,22H2;. The van der Waals surface area contributed by atoms with Crippen molar-refractivity contribution < 1.29 is 16.8 Å². The summed E-state index contributed by atoms with van der Waals surface area (Å²) < 4.78 is 0. The Morgan fingerprint density at radius 3 is 0.804 bits per heavy atom. The fraction of sp³-hybridized carbons (Fsp3) is 0. The quantitative estimate of drug-likeness (QED) is 0.164. The molecule has 0 saturated heterocycles. The van der Waals surface area contributed by atoms with Crippen LogP contribution >= 0.6 is 0 Å². The number of nitrogens with two attached hydrogens (primary N) is 2. The summed E-state index contributed by atoms with van der Waals surface area (Å²) in [5, 5.41) is 0. The molecule has 2 aromatic carbocycles. The van der Waals surface area contributed by atoms with E-state index in [1.165, 1.54) is 0 Å². The van der Waals surface area contributed by atoms with E-state index in [1.54, 1.807) is 24.8 Å². The smallest absolute Gasteiger partial charge is 0.0900 e. The van der Waals surface area contributed by atoms with Crippen LogP contribution in [0.1, 0.15) is 0 Å². The Labute approximate surface area is 306 Å². The van der Waals surface area contributed by atoms with Crippen LogP contribution < -0.4 is 11.5 Å². The first-order valence-corrected chi connectivity index (χ1v) is 16.0. The van der Waals surface area contributed by atoms with Crippen molar-refractivity contribution in [3.05, 3.63) is 170 Å². The molecule has 0 unspecified atom stereocenters.